The normalized spacial score (nSPS) is 11.9. The third-order valence-electron chi connectivity index (χ3n) is 1.65. The first kappa shape index (κ1) is 14.2. The fraction of sp³-hybridized carbons (Fsp3) is 0.900. The van der Waals surface area contributed by atoms with Crippen molar-refractivity contribution in [1.29, 1.82) is 0 Å². The van der Waals surface area contributed by atoms with Crippen molar-refractivity contribution >= 4 is 5.96 Å². The van der Waals surface area contributed by atoms with Gasteiger partial charge in [-0.25, -0.2) is 5.84 Å². The minimum atomic E-state index is 0.594. The highest BCUT2D eigenvalue weighted by Crippen LogP contribution is 1.93. The second kappa shape index (κ2) is 9.73. The summed E-state index contributed by atoms with van der Waals surface area (Å²) in [6.07, 6.45) is 0.920. The van der Waals surface area contributed by atoms with Gasteiger partial charge in [0, 0.05) is 26.3 Å². The Hall–Kier alpha value is -0.810. The molecule has 15 heavy (non-hydrogen) atoms. The Balaban J connectivity index is 3.41. The number of nitrogens with one attached hydrogen (secondary N) is 2. The molecule has 0 aliphatic rings. The van der Waals surface area contributed by atoms with E-state index in [0.29, 0.717) is 11.9 Å². The maximum Gasteiger partial charge on any atom is 0.205 e. The molecule has 0 aromatic heterocycles. The van der Waals surface area contributed by atoms with E-state index in [2.05, 4.69) is 29.6 Å². The SMILES string of the molecule is CCNC(=NCCCOCC(C)C)NN. The van der Waals surface area contributed by atoms with Gasteiger partial charge in [0.15, 0.2) is 0 Å². The zero-order chi connectivity index (χ0) is 11.5. The molecule has 0 unspecified atom stereocenters. The average molecular weight is 216 g/mol. The Kier molecular flexibility index (Phi) is 9.21. The Bertz CT molecular complexity index is 171. The van der Waals surface area contributed by atoms with Gasteiger partial charge in [-0.05, 0) is 19.3 Å². The summed E-state index contributed by atoms with van der Waals surface area (Å²) in [5, 5.41) is 3.01. The van der Waals surface area contributed by atoms with Crippen LogP contribution in [0, 0.1) is 5.92 Å². The van der Waals surface area contributed by atoms with Crippen LogP contribution in [0.3, 0.4) is 0 Å². The van der Waals surface area contributed by atoms with Crippen LogP contribution in [-0.2, 0) is 4.74 Å². The van der Waals surface area contributed by atoms with E-state index in [9.17, 15) is 0 Å². The second-order valence-corrected chi connectivity index (χ2v) is 3.73. The number of rotatable bonds is 7. The molecule has 0 saturated carbocycles. The number of guanidine groups is 1. The highest BCUT2D eigenvalue weighted by Gasteiger charge is 1.94. The van der Waals surface area contributed by atoms with Crippen molar-refractivity contribution in [3.8, 4) is 0 Å². The molecule has 90 valence electrons. The van der Waals surface area contributed by atoms with Crippen LogP contribution in [0.2, 0.25) is 0 Å². The Morgan fingerprint density at radius 2 is 2.20 bits per heavy atom. The lowest BCUT2D eigenvalue weighted by molar-refractivity contribution is 0.109. The van der Waals surface area contributed by atoms with Crippen LogP contribution in [0.15, 0.2) is 4.99 Å². The van der Waals surface area contributed by atoms with Crippen LogP contribution in [0.1, 0.15) is 27.2 Å². The van der Waals surface area contributed by atoms with Crippen molar-refractivity contribution in [2.75, 3.05) is 26.3 Å². The molecule has 5 nitrogen and oxygen atoms in total. The number of nitrogens with two attached hydrogens (primary N) is 1. The summed E-state index contributed by atoms with van der Waals surface area (Å²) in [6, 6.07) is 0. The van der Waals surface area contributed by atoms with Crippen LogP contribution in [-0.4, -0.2) is 32.3 Å². The minimum absolute atomic E-state index is 0.594. The summed E-state index contributed by atoms with van der Waals surface area (Å²) in [5.41, 5.74) is 2.51. The molecule has 0 amide bonds. The fourth-order valence-electron chi connectivity index (χ4n) is 0.997. The lowest BCUT2D eigenvalue weighted by atomic mass is 10.2. The van der Waals surface area contributed by atoms with E-state index in [0.717, 1.165) is 32.7 Å². The van der Waals surface area contributed by atoms with E-state index in [1.165, 1.54) is 0 Å². The smallest absolute Gasteiger partial charge is 0.205 e. The highest BCUT2D eigenvalue weighted by molar-refractivity contribution is 5.78. The van der Waals surface area contributed by atoms with E-state index in [4.69, 9.17) is 10.6 Å². The van der Waals surface area contributed by atoms with Gasteiger partial charge in [-0.1, -0.05) is 13.8 Å². The fourth-order valence-corrected chi connectivity index (χ4v) is 0.997. The molecular weight excluding hydrogens is 192 g/mol. The molecule has 0 bridgehead atoms. The first-order valence-electron chi connectivity index (χ1n) is 5.53. The van der Waals surface area contributed by atoms with Gasteiger partial charge in [-0.3, -0.25) is 10.4 Å². The largest absolute Gasteiger partial charge is 0.381 e. The molecule has 0 aliphatic heterocycles. The molecule has 0 radical (unpaired) electrons. The number of hydrazine groups is 1. The topological polar surface area (TPSA) is 71.7 Å². The van der Waals surface area contributed by atoms with Gasteiger partial charge in [-0.15, -0.1) is 0 Å². The molecule has 0 aromatic rings. The van der Waals surface area contributed by atoms with Gasteiger partial charge in [0.1, 0.15) is 0 Å². The van der Waals surface area contributed by atoms with Crippen LogP contribution in [0.5, 0.6) is 0 Å². The van der Waals surface area contributed by atoms with Crippen LogP contribution >= 0.6 is 0 Å². The number of nitrogens with zero attached hydrogens (tertiary/aromatic N) is 1. The molecule has 5 heteroatoms. The Morgan fingerprint density at radius 3 is 2.73 bits per heavy atom. The predicted molar refractivity (Wildman–Crippen MR) is 63.6 cm³/mol. The average Bonchev–Trinajstić information content (AvgIpc) is 2.21. The van der Waals surface area contributed by atoms with E-state index in [-0.39, 0.29) is 0 Å². The van der Waals surface area contributed by atoms with E-state index in [1.807, 2.05) is 6.92 Å². The van der Waals surface area contributed by atoms with Crippen molar-refractivity contribution in [1.82, 2.24) is 10.7 Å². The van der Waals surface area contributed by atoms with Crippen molar-refractivity contribution in [2.24, 2.45) is 16.8 Å². The molecule has 4 N–H and O–H groups in total. The van der Waals surface area contributed by atoms with E-state index in [1.54, 1.807) is 0 Å². The highest BCUT2D eigenvalue weighted by atomic mass is 16.5. The summed E-state index contributed by atoms with van der Waals surface area (Å²) in [4.78, 5) is 4.24. The quantitative estimate of drug-likeness (QED) is 0.190. The van der Waals surface area contributed by atoms with Crippen LogP contribution in [0.4, 0.5) is 0 Å². The van der Waals surface area contributed by atoms with Gasteiger partial charge in [0.05, 0.1) is 0 Å². The minimum Gasteiger partial charge on any atom is -0.381 e. The van der Waals surface area contributed by atoms with Crippen molar-refractivity contribution in [3.05, 3.63) is 0 Å². The monoisotopic (exact) mass is 216 g/mol. The molecule has 0 aromatic carbocycles. The van der Waals surface area contributed by atoms with E-state index >= 15 is 0 Å². The summed E-state index contributed by atoms with van der Waals surface area (Å²) in [6.45, 7) is 9.39. The standard InChI is InChI=1S/C10H24N4O/c1-4-12-10(14-11)13-6-5-7-15-8-9(2)3/h9H,4-8,11H2,1-3H3,(H2,12,13,14). The molecular formula is C10H24N4O. The van der Waals surface area contributed by atoms with Gasteiger partial charge < -0.3 is 10.1 Å². The lowest BCUT2D eigenvalue weighted by Gasteiger charge is -2.07. The number of ether oxygens (including phenoxy) is 1. The first-order valence-corrected chi connectivity index (χ1v) is 5.53. The maximum atomic E-state index is 5.43. The second-order valence-electron chi connectivity index (χ2n) is 3.73. The molecule has 0 spiro atoms. The number of aliphatic imine (C=N–C) groups is 1. The summed E-state index contributed by atoms with van der Waals surface area (Å²) in [7, 11) is 0. The molecule has 0 fully saturated rings. The Labute approximate surface area is 92.4 Å². The van der Waals surface area contributed by atoms with Crippen LogP contribution in [0.25, 0.3) is 0 Å². The van der Waals surface area contributed by atoms with Crippen molar-refractivity contribution in [3.63, 3.8) is 0 Å². The third kappa shape index (κ3) is 9.49. The maximum absolute atomic E-state index is 5.43. The van der Waals surface area contributed by atoms with Gasteiger partial charge in [0.25, 0.3) is 0 Å². The predicted octanol–water partition coefficient (Wildman–Crippen LogP) is 0.478. The molecule has 0 saturated heterocycles. The summed E-state index contributed by atoms with van der Waals surface area (Å²) in [5.74, 6) is 6.50. The van der Waals surface area contributed by atoms with Crippen molar-refractivity contribution in [2.45, 2.75) is 27.2 Å². The summed E-state index contributed by atoms with van der Waals surface area (Å²) >= 11 is 0. The molecule has 0 aliphatic carbocycles. The zero-order valence-electron chi connectivity index (χ0n) is 10.0. The molecule has 0 rings (SSSR count). The molecule has 0 heterocycles. The molecule has 0 atom stereocenters. The first-order chi connectivity index (χ1) is 7.20. The van der Waals surface area contributed by atoms with Gasteiger partial charge in [0.2, 0.25) is 5.96 Å². The zero-order valence-corrected chi connectivity index (χ0v) is 10.0. The number of hydrogen-bond donors (Lipinski definition) is 3. The van der Waals surface area contributed by atoms with Gasteiger partial charge in [-0.2, -0.15) is 0 Å². The third-order valence-corrected chi connectivity index (χ3v) is 1.65. The van der Waals surface area contributed by atoms with Crippen LogP contribution < -0.4 is 16.6 Å². The number of hydrogen-bond acceptors (Lipinski definition) is 3. The summed E-state index contributed by atoms with van der Waals surface area (Å²) < 4.78 is 5.43. The van der Waals surface area contributed by atoms with Gasteiger partial charge >= 0.3 is 0 Å². The van der Waals surface area contributed by atoms with E-state index < -0.39 is 0 Å². The van der Waals surface area contributed by atoms with Crippen molar-refractivity contribution < 1.29 is 4.74 Å². The Morgan fingerprint density at radius 1 is 1.47 bits per heavy atom. The lowest BCUT2D eigenvalue weighted by Crippen LogP contribution is -2.41.